The van der Waals surface area contributed by atoms with Crippen molar-refractivity contribution in [2.45, 2.75) is 45.9 Å². The second kappa shape index (κ2) is 6.95. The number of alkyl halides is 3. The van der Waals surface area contributed by atoms with Crippen LogP contribution in [0.4, 0.5) is 13.2 Å². The Morgan fingerprint density at radius 1 is 1.06 bits per heavy atom. The predicted molar refractivity (Wildman–Crippen MR) is 70.3 cm³/mol. The highest BCUT2D eigenvalue weighted by Gasteiger charge is 2.39. The van der Waals surface area contributed by atoms with Crippen molar-refractivity contribution in [2.75, 3.05) is 11.5 Å². The quantitative estimate of drug-likeness (QED) is 0.781. The first kappa shape index (κ1) is 17.2. The number of hydrogen-bond donors (Lipinski definition) is 1. The van der Waals surface area contributed by atoms with Crippen LogP contribution in [0.3, 0.4) is 0 Å². The van der Waals surface area contributed by atoms with Gasteiger partial charge in [-0.05, 0) is 25.4 Å². The Morgan fingerprint density at radius 2 is 1.47 bits per heavy atom. The highest BCUT2D eigenvalue weighted by molar-refractivity contribution is 8.22. The smallest absolute Gasteiger partial charge is 0.390 e. The van der Waals surface area contributed by atoms with E-state index in [0.717, 1.165) is 0 Å². The zero-order chi connectivity index (χ0) is 13.7. The van der Waals surface area contributed by atoms with Crippen LogP contribution in [0.15, 0.2) is 9.81 Å². The molecule has 1 N–H and O–H groups in total. The van der Waals surface area contributed by atoms with Crippen molar-refractivity contribution in [1.82, 2.24) is 0 Å². The predicted octanol–water partition coefficient (Wildman–Crippen LogP) is 4.43. The van der Waals surface area contributed by atoms with E-state index in [4.69, 9.17) is 0 Å². The maximum Gasteiger partial charge on any atom is 0.414 e. The summed E-state index contributed by atoms with van der Waals surface area (Å²) in [4.78, 5) is 0. The van der Waals surface area contributed by atoms with Gasteiger partial charge in [-0.15, -0.1) is 23.5 Å². The van der Waals surface area contributed by atoms with E-state index in [-0.39, 0.29) is 10.7 Å². The molecule has 0 bridgehead atoms. The molecule has 0 spiro atoms. The third-order valence-corrected chi connectivity index (χ3v) is 4.05. The summed E-state index contributed by atoms with van der Waals surface area (Å²) in [6, 6.07) is 0. The van der Waals surface area contributed by atoms with E-state index in [1.165, 1.54) is 37.4 Å². The Hall–Kier alpha value is 0.190. The van der Waals surface area contributed by atoms with Crippen molar-refractivity contribution in [3.63, 3.8) is 0 Å². The van der Waals surface area contributed by atoms with Gasteiger partial charge in [0.25, 0.3) is 0 Å². The Bertz CT molecular complexity index is 259. The van der Waals surface area contributed by atoms with Crippen LogP contribution in [0, 0.1) is 0 Å². The third kappa shape index (κ3) is 7.26. The molecule has 0 aliphatic rings. The van der Waals surface area contributed by atoms with Crippen molar-refractivity contribution in [2.24, 2.45) is 0 Å². The average Bonchev–Trinajstić information content (AvgIpc) is 2.11. The fourth-order valence-corrected chi connectivity index (χ4v) is 3.49. The Labute approximate surface area is 109 Å². The normalized spacial score (nSPS) is 12.7. The molecule has 0 aromatic heterocycles. The molecule has 0 rings (SSSR count). The summed E-state index contributed by atoms with van der Waals surface area (Å²) in [5.41, 5.74) is -1.96. The molecule has 0 atom stereocenters. The number of thioether (sulfide) groups is 2. The number of hydrogen-bond acceptors (Lipinski definition) is 3. The standard InChI is InChI=1S/C11H19F3OS2/c1-5-16-9(17-6-2)8(11(12,13)14)7-10(3,4)15/h15H,5-7H2,1-4H3. The molecule has 6 heteroatoms. The van der Waals surface area contributed by atoms with E-state index < -0.39 is 17.4 Å². The van der Waals surface area contributed by atoms with Gasteiger partial charge >= 0.3 is 6.18 Å². The van der Waals surface area contributed by atoms with Crippen molar-refractivity contribution < 1.29 is 18.3 Å². The lowest BCUT2D eigenvalue weighted by Gasteiger charge is -2.23. The maximum atomic E-state index is 13.0. The molecular weight excluding hydrogens is 269 g/mol. The summed E-state index contributed by atoms with van der Waals surface area (Å²) in [6.45, 7) is 6.42. The summed E-state index contributed by atoms with van der Waals surface area (Å²) >= 11 is 2.38. The highest BCUT2D eigenvalue weighted by Crippen LogP contribution is 2.42. The number of rotatable bonds is 6. The largest absolute Gasteiger partial charge is 0.414 e. The van der Waals surface area contributed by atoms with Gasteiger partial charge in [0, 0.05) is 10.7 Å². The lowest BCUT2D eigenvalue weighted by atomic mass is 9.99. The SMILES string of the molecule is CCSC(SCC)=C(CC(C)(C)O)C(F)(F)F. The van der Waals surface area contributed by atoms with Crippen molar-refractivity contribution >= 4 is 23.5 Å². The van der Waals surface area contributed by atoms with E-state index >= 15 is 0 Å². The molecule has 0 radical (unpaired) electrons. The molecule has 102 valence electrons. The number of aliphatic hydroxyl groups is 1. The maximum absolute atomic E-state index is 13.0. The molecule has 0 unspecified atom stereocenters. The lowest BCUT2D eigenvalue weighted by molar-refractivity contribution is -0.100. The van der Waals surface area contributed by atoms with Gasteiger partial charge in [-0.2, -0.15) is 13.2 Å². The van der Waals surface area contributed by atoms with Gasteiger partial charge in [0.05, 0.1) is 11.2 Å². The van der Waals surface area contributed by atoms with Gasteiger partial charge in [0.2, 0.25) is 0 Å². The molecule has 0 heterocycles. The highest BCUT2D eigenvalue weighted by atomic mass is 32.2. The fourth-order valence-electron chi connectivity index (χ4n) is 1.20. The molecule has 17 heavy (non-hydrogen) atoms. The molecule has 0 fully saturated rings. The van der Waals surface area contributed by atoms with Gasteiger partial charge in [-0.3, -0.25) is 0 Å². The van der Waals surface area contributed by atoms with Crippen LogP contribution in [0.25, 0.3) is 0 Å². The second-order valence-electron chi connectivity index (χ2n) is 4.12. The second-order valence-corrected chi connectivity index (χ2v) is 6.93. The van der Waals surface area contributed by atoms with Crippen molar-refractivity contribution in [3.8, 4) is 0 Å². The molecule has 0 saturated heterocycles. The van der Waals surface area contributed by atoms with Gasteiger partial charge < -0.3 is 5.11 Å². The minimum Gasteiger partial charge on any atom is -0.390 e. The lowest BCUT2D eigenvalue weighted by Crippen LogP contribution is -2.25. The van der Waals surface area contributed by atoms with Crippen LogP contribution in [-0.4, -0.2) is 28.4 Å². The van der Waals surface area contributed by atoms with Crippen LogP contribution in [0.2, 0.25) is 0 Å². The molecule has 0 amide bonds. The first-order valence-corrected chi connectivity index (χ1v) is 7.37. The summed E-state index contributed by atoms with van der Waals surface area (Å²) in [5, 5.41) is 9.58. The molecule has 0 aromatic carbocycles. The van der Waals surface area contributed by atoms with E-state index in [1.807, 2.05) is 13.8 Å². The minimum absolute atomic E-state index is 0.282. The van der Waals surface area contributed by atoms with Gasteiger partial charge in [-0.1, -0.05) is 13.8 Å². The number of halogens is 3. The van der Waals surface area contributed by atoms with Gasteiger partial charge in [0.15, 0.2) is 0 Å². The topological polar surface area (TPSA) is 20.2 Å². The van der Waals surface area contributed by atoms with Crippen LogP contribution in [0.1, 0.15) is 34.1 Å². The summed E-state index contributed by atoms with van der Waals surface area (Å²) in [7, 11) is 0. The van der Waals surface area contributed by atoms with Crippen LogP contribution in [-0.2, 0) is 0 Å². The Balaban J connectivity index is 5.28. The average molecular weight is 288 g/mol. The first-order chi connectivity index (χ1) is 7.61. The Kier molecular flexibility index (Phi) is 7.02. The molecule has 0 saturated carbocycles. The zero-order valence-corrected chi connectivity index (χ0v) is 12.2. The minimum atomic E-state index is -4.38. The fraction of sp³-hybridized carbons (Fsp3) is 0.818. The summed E-state index contributed by atoms with van der Waals surface area (Å²) in [6.07, 6.45) is -4.74. The van der Waals surface area contributed by atoms with E-state index in [9.17, 15) is 18.3 Å². The molecular formula is C11H19F3OS2. The molecule has 0 aromatic rings. The van der Waals surface area contributed by atoms with E-state index in [0.29, 0.717) is 11.5 Å². The zero-order valence-electron chi connectivity index (χ0n) is 10.5. The molecule has 1 nitrogen and oxygen atoms in total. The molecule has 0 aliphatic carbocycles. The van der Waals surface area contributed by atoms with Crippen molar-refractivity contribution in [3.05, 3.63) is 9.81 Å². The van der Waals surface area contributed by atoms with Gasteiger partial charge in [-0.25, -0.2) is 0 Å². The molecule has 0 aliphatic heterocycles. The van der Waals surface area contributed by atoms with E-state index in [2.05, 4.69) is 0 Å². The van der Waals surface area contributed by atoms with Crippen molar-refractivity contribution in [1.29, 1.82) is 0 Å². The Morgan fingerprint density at radius 3 is 1.71 bits per heavy atom. The van der Waals surface area contributed by atoms with Crippen LogP contribution in [0.5, 0.6) is 0 Å². The van der Waals surface area contributed by atoms with Crippen LogP contribution < -0.4 is 0 Å². The first-order valence-electron chi connectivity index (χ1n) is 5.40. The van der Waals surface area contributed by atoms with E-state index in [1.54, 1.807) is 0 Å². The van der Waals surface area contributed by atoms with Crippen LogP contribution >= 0.6 is 23.5 Å². The summed E-state index contributed by atoms with van der Waals surface area (Å²) < 4.78 is 39.1. The van der Waals surface area contributed by atoms with Gasteiger partial charge in [0.1, 0.15) is 0 Å². The monoisotopic (exact) mass is 288 g/mol. The third-order valence-electron chi connectivity index (χ3n) is 1.75. The summed E-state index contributed by atoms with van der Waals surface area (Å²) in [5.74, 6) is 1.18.